The minimum absolute atomic E-state index is 0.313. The third kappa shape index (κ3) is 5.17. The fourth-order valence-electron chi connectivity index (χ4n) is 4.80. The van der Waals surface area contributed by atoms with Crippen LogP contribution in [0, 0.1) is 12.7 Å². The number of halogens is 1. The molecule has 1 aliphatic carbocycles. The van der Waals surface area contributed by atoms with Crippen molar-refractivity contribution < 1.29 is 9.13 Å². The van der Waals surface area contributed by atoms with E-state index in [0.717, 1.165) is 61.8 Å². The monoisotopic (exact) mass is 462 g/mol. The Kier molecular flexibility index (Phi) is 6.67. The van der Waals surface area contributed by atoms with Crippen LogP contribution in [0.2, 0.25) is 0 Å². The summed E-state index contributed by atoms with van der Waals surface area (Å²) in [6.07, 6.45) is 10.8. The summed E-state index contributed by atoms with van der Waals surface area (Å²) < 4.78 is 19.0. The number of methoxy groups -OCH3 is 1. The molecule has 0 bridgehead atoms. The lowest BCUT2D eigenvalue weighted by Crippen LogP contribution is -2.30. The normalized spacial score (nSPS) is 21.0. The van der Waals surface area contributed by atoms with Crippen LogP contribution in [0.5, 0.6) is 0 Å². The average molecular weight is 463 g/mol. The van der Waals surface area contributed by atoms with Gasteiger partial charge in [-0.25, -0.2) is 24.3 Å². The van der Waals surface area contributed by atoms with E-state index < -0.39 is 0 Å². The van der Waals surface area contributed by atoms with E-state index in [2.05, 4.69) is 26.3 Å². The number of aryl methyl sites for hydroxylation is 1. The number of anilines is 2. The number of fused-ring (bicyclic) bond motifs is 1. The molecular formula is C26H31FN6O. The van der Waals surface area contributed by atoms with Crippen LogP contribution in [0.15, 0.2) is 24.3 Å². The standard InChI is InChI=1S/C26H31FN6O/c1-17-21(30-22-10-5-18(27)15-23(22)28-17)11-12-24-31-25(16-26(32-24)33-13-3-4-14-33)29-19-6-8-20(34-2)9-7-19/h5,10-12,15-16,19-20H,3-4,6-9,13-14H2,1-2H3,(H,29,31,32)/b12-11+/t19-,20-. The first kappa shape index (κ1) is 22.7. The van der Waals surface area contributed by atoms with E-state index in [1.54, 1.807) is 13.2 Å². The first-order valence-electron chi connectivity index (χ1n) is 12.1. The zero-order valence-electron chi connectivity index (χ0n) is 19.8. The minimum Gasteiger partial charge on any atom is -0.381 e. The van der Waals surface area contributed by atoms with Crippen LogP contribution < -0.4 is 10.2 Å². The Morgan fingerprint density at radius 2 is 1.76 bits per heavy atom. The van der Waals surface area contributed by atoms with Gasteiger partial charge < -0.3 is 15.0 Å². The van der Waals surface area contributed by atoms with Gasteiger partial charge in [-0.2, -0.15) is 0 Å². The predicted octanol–water partition coefficient (Wildman–Crippen LogP) is 5.01. The molecule has 2 aromatic heterocycles. The Balaban J connectivity index is 1.41. The summed E-state index contributed by atoms with van der Waals surface area (Å²) in [4.78, 5) is 21.1. The highest BCUT2D eigenvalue weighted by molar-refractivity contribution is 5.77. The van der Waals surface area contributed by atoms with E-state index >= 15 is 0 Å². The van der Waals surface area contributed by atoms with Crippen molar-refractivity contribution in [3.63, 3.8) is 0 Å². The van der Waals surface area contributed by atoms with Crippen LogP contribution in [0.4, 0.5) is 16.0 Å². The molecule has 5 rings (SSSR count). The van der Waals surface area contributed by atoms with Gasteiger partial charge in [0.2, 0.25) is 0 Å². The smallest absolute Gasteiger partial charge is 0.156 e. The first-order valence-corrected chi connectivity index (χ1v) is 12.1. The predicted molar refractivity (Wildman–Crippen MR) is 133 cm³/mol. The fourth-order valence-corrected chi connectivity index (χ4v) is 4.80. The molecule has 0 spiro atoms. The fraction of sp³-hybridized carbons (Fsp3) is 0.462. The van der Waals surface area contributed by atoms with E-state index in [1.807, 2.05) is 19.1 Å². The van der Waals surface area contributed by atoms with Crippen molar-refractivity contribution in [3.05, 3.63) is 47.3 Å². The van der Waals surface area contributed by atoms with Crippen LogP contribution in [0.3, 0.4) is 0 Å². The number of hydrogen-bond donors (Lipinski definition) is 1. The topological polar surface area (TPSA) is 76.1 Å². The summed E-state index contributed by atoms with van der Waals surface area (Å²) in [7, 11) is 1.80. The molecule has 1 aromatic carbocycles. The van der Waals surface area contributed by atoms with E-state index in [-0.39, 0.29) is 5.82 Å². The Labute approximate surface area is 199 Å². The third-order valence-corrected chi connectivity index (χ3v) is 6.75. The average Bonchev–Trinajstić information content (AvgIpc) is 3.38. The van der Waals surface area contributed by atoms with Gasteiger partial charge in [-0.3, -0.25) is 0 Å². The summed E-state index contributed by atoms with van der Waals surface area (Å²) in [6, 6.07) is 6.92. The molecule has 0 amide bonds. The molecular weight excluding hydrogens is 431 g/mol. The number of hydrogen-bond acceptors (Lipinski definition) is 7. The van der Waals surface area contributed by atoms with Crippen molar-refractivity contribution >= 4 is 34.8 Å². The molecule has 1 aliphatic heterocycles. The van der Waals surface area contributed by atoms with E-state index in [0.29, 0.717) is 29.0 Å². The molecule has 1 saturated heterocycles. The van der Waals surface area contributed by atoms with Crippen LogP contribution >= 0.6 is 0 Å². The van der Waals surface area contributed by atoms with Gasteiger partial charge in [0.05, 0.1) is 28.5 Å². The van der Waals surface area contributed by atoms with Crippen molar-refractivity contribution in [2.45, 2.75) is 57.6 Å². The number of aromatic nitrogens is 4. The maximum Gasteiger partial charge on any atom is 0.156 e. The number of benzene rings is 1. The van der Waals surface area contributed by atoms with Gasteiger partial charge >= 0.3 is 0 Å². The second-order valence-electron chi connectivity index (χ2n) is 9.18. The molecule has 178 valence electrons. The maximum absolute atomic E-state index is 13.5. The van der Waals surface area contributed by atoms with Crippen molar-refractivity contribution in [1.82, 2.24) is 19.9 Å². The Morgan fingerprint density at radius 3 is 2.53 bits per heavy atom. The summed E-state index contributed by atoms with van der Waals surface area (Å²) in [5, 5.41) is 3.64. The lowest BCUT2D eigenvalue weighted by molar-refractivity contribution is 0.0681. The molecule has 1 N–H and O–H groups in total. The summed E-state index contributed by atoms with van der Waals surface area (Å²) in [6.45, 7) is 3.91. The zero-order chi connectivity index (χ0) is 23.5. The lowest BCUT2D eigenvalue weighted by Gasteiger charge is -2.29. The van der Waals surface area contributed by atoms with Crippen LogP contribution in [-0.2, 0) is 4.74 Å². The van der Waals surface area contributed by atoms with Gasteiger partial charge in [0.25, 0.3) is 0 Å². The highest BCUT2D eigenvalue weighted by Crippen LogP contribution is 2.26. The number of nitrogens with one attached hydrogen (secondary N) is 1. The van der Waals surface area contributed by atoms with Gasteiger partial charge in [0, 0.05) is 38.4 Å². The van der Waals surface area contributed by atoms with Gasteiger partial charge in [0.1, 0.15) is 17.5 Å². The Bertz CT molecular complexity index is 1190. The summed E-state index contributed by atoms with van der Waals surface area (Å²) >= 11 is 0. The summed E-state index contributed by atoms with van der Waals surface area (Å²) in [5.41, 5.74) is 2.67. The van der Waals surface area contributed by atoms with Crippen molar-refractivity contribution in [1.29, 1.82) is 0 Å². The molecule has 0 radical (unpaired) electrons. The molecule has 1 saturated carbocycles. The molecule has 0 unspecified atom stereocenters. The minimum atomic E-state index is -0.313. The first-order chi connectivity index (χ1) is 16.6. The van der Waals surface area contributed by atoms with Gasteiger partial charge in [-0.05, 0) is 69.7 Å². The van der Waals surface area contributed by atoms with Crippen molar-refractivity contribution in [2.24, 2.45) is 0 Å². The van der Waals surface area contributed by atoms with Crippen LogP contribution in [0.1, 0.15) is 55.7 Å². The molecule has 34 heavy (non-hydrogen) atoms. The number of rotatable bonds is 6. The quantitative estimate of drug-likeness (QED) is 0.552. The van der Waals surface area contributed by atoms with Crippen LogP contribution in [-0.4, -0.2) is 52.3 Å². The van der Waals surface area contributed by atoms with Gasteiger partial charge in [0.15, 0.2) is 5.82 Å². The highest BCUT2D eigenvalue weighted by atomic mass is 19.1. The SMILES string of the molecule is CO[C@H]1CC[C@H](Nc2cc(N3CCCC3)nc(/C=C/c3nc4ccc(F)cc4nc3C)n2)CC1. The molecule has 0 atom stereocenters. The van der Waals surface area contributed by atoms with E-state index in [9.17, 15) is 4.39 Å². The van der Waals surface area contributed by atoms with Crippen molar-refractivity contribution in [2.75, 3.05) is 30.4 Å². The van der Waals surface area contributed by atoms with Crippen LogP contribution in [0.25, 0.3) is 23.2 Å². The number of nitrogens with zero attached hydrogens (tertiary/aromatic N) is 5. The van der Waals surface area contributed by atoms with Crippen molar-refractivity contribution in [3.8, 4) is 0 Å². The Morgan fingerprint density at radius 1 is 0.971 bits per heavy atom. The number of ether oxygens (including phenoxy) is 1. The molecule has 2 fully saturated rings. The second-order valence-corrected chi connectivity index (χ2v) is 9.18. The molecule has 3 aromatic rings. The zero-order valence-corrected chi connectivity index (χ0v) is 19.8. The molecule has 3 heterocycles. The van der Waals surface area contributed by atoms with Gasteiger partial charge in [-0.1, -0.05) is 0 Å². The summed E-state index contributed by atoms with van der Waals surface area (Å²) in [5.74, 6) is 2.14. The second kappa shape index (κ2) is 10.0. The highest BCUT2D eigenvalue weighted by Gasteiger charge is 2.22. The van der Waals surface area contributed by atoms with E-state index in [4.69, 9.17) is 14.7 Å². The largest absolute Gasteiger partial charge is 0.381 e. The third-order valence-electron chi connectivity index (χ3n) is 6.75. The van der Waals surface area contributed by atoms with E-state index in [1.165, 1.54) is 25.0 Å². The maximum atomic E-state index is 13.5. The van der Waals surface area contributed by atoms with Gasteiger partial charge in [-0.15, -0.1) is 0 Å². The molecule has 2 aliphatic rings. The lowest BCUT2D eigenvalue weighted by atomic mass is 9.93. The molecule has 7 nitrogen and oxygen atoms in total. The Hall–Kier alpha value is -3.13. The molecule has 8 heteroatoms.